The Balaban J connectivity index is 3.01. The second-order valence-corrected chi connectivity index (χ2v) is 9.14. The predicted molar refractivity (Wildman–Crippen MR) is 69.7 cm³/mol. The molecule has 1 rings (SSSR count). The van der Waals surface area contributed by atoms with Crippen LogP contribution in [0.1, 0.15) is 48.0 Å². The smallest absolute Gasteiger partial charge is 0.157 e. The van der Waals surface area contributed by atoms with Crippen molar-refractivity contribution in [3.05, 3.63) is 0 Å². The van der Waals surface area contributed by atoms with Gasteiger partial charge in [0.15, 0.2) is 9.84 Å². The topological polar surface area (TPSA) is 69.4 Å². The monoisotopic (exact) mass is 263 g/mol. The Bertz CT molecular complexity index is 390. The first-order valence-electron chi connectivity index (χ1n) is 5.96. The first kappa shape index (κ1) is 14.9. The van der Waals surface area contributed by atoms with Crippen LogP contribution >= 0.6 is 0 Å². The lowest BCUT2D eigenvalue weighted by molar-refractivity contribution is -0.0635. The van der Waals surface area contributed by atoms with Crippen molar-refractivity contribution in [2.24, 2.45) is 5.73 Å². The molecule has 0 aromatic rings. The minimum atomic E-state index is -3.25. The van der Waals surface area contributed by atoms with Gasteiger partial charge in [0.2, 0.25) is 0 Å². The van der Waals surface area contributed by atoms with Crippen molar-refractivity contribution < 1.29 is 13.2 Å². The van der Waals surface area contributed by atoms with E-state index in [2.05, 4.69) is 0 Å². The van der Waals surface area contributed by atoms with Crippen molar-refractivity contribution in [2.45, 2.75) is 70.0 Å². The molecular weight excluding hydrogens is 238 g/mol. The summed E-state index contributed by atoms with van der Waals surface area (Å²) in [4.78, 5) is 0. The molecule has 1 fully saturated rings. The lowest BCUT2D eigenvalue weighted by Gasteiger charge is -2.29. The van der Waals surface area contributed by atoms with Crippen LogP contribution in [-0.2, 0) is 14.6 Å². The normalized spacial score (nSPS) is 28.3. The predicted octanol–water partition coefficient (Wildman–Crippen LogP) is 1.48. The van der Waals surface area contributed by atoms with Gasteiger partial charge in [0.25, 0.3) is 0 Å². The van der Waals surface area contributed by atoms with Crippen LogP contribution in [0.5, 0.6) is 0 Å². The number of sulfone groups is 1. The third kappa shape index (κ3) is 3.66. The van der Waals surface area contributed by atoms with E-state index < -0.39 is 26.2 Å². The number of nitrogens with two attached hydrogens (primary N) is 1. The first-order valence-corrected chi connectivity index (χ1v) is 7.67. The van der Waals surface area contributed by atoms with Crippen LogP contribution in [0.3, 0.4) is 0 Å². The molecule has 1 unspecified atom stereocenters. The molecule has 102 valence electrons. The third-order valence-corrected chi connectivity index (χ3v) is 5.75. The molecule has 0 aromatic carbocycles. The standard InChI is InChI=1S/C12H25NO3S/c1-10(2,13)8-17(14,15)9-7-11(3,4)16-12(9,5)6/h9H,7-8,13H2,1-6H3. The van der Waals surface area contributed by atoms with Crippen LogP contribution in [-0.4, -0.2) is 36.2 Å². The summed E-state index contributed by atoms with van der Waals surface area (Å²) in [5.41, 5.74) is 4.08. The average Bonchev–Trinajstić information content (AvgIpc) is 2.13. The maximum absolute atomic E-state index is 12.4. The van der Waals surface area contributed by atoms with E-state index in [0.29, 0.717) is 6.42 Å². The molecule has 4 nitrogen and oxygen atoms in total. The highest BCUT2D eigenvalue weighted by atomic mass is 32.2. The van der Waals surface area contributed by atoms with Gasteiger partial charge in [-0.1, -0.05) is 0 Å². The number of rotatable bonds is 3. The Morgan fingerprint density at radius 3 is 2.06 bits per heavy atom. The third-order valence-electron chi connectivity index (χ3n) is 3.00. The summed E-state index contributed by atoms with van der Waals surface area (Å²) < 4.78 is 30.6. The average molecular weight is 263 g/mol. The van der Waals surface area contributed by atoms with Gasteiger partial charge >= 0.3 is 0 Å². The van der Waals surface area contributed by atoms with E-state index in [1.807, 2.05) is 27.7 Å². The summed E-state index contributed by atoms with van der Waals surface area (Å²) in [6.07, 6.45) is 0.526. The summed E-state index contributed by atoms with van der Waals surface area (Å²) in [6.45, 7) is 11.0. The van der Waals surface area contributed by atoms with Gasteiger partial charge in [0, 0.05) is 5.54 Å². The second-order valence-electron chi connectivity index (χ2n) is 6.95. The van der Waals surface area contributed by atoms with Crippen LogP contribution < -0.4 is 5.73 Å². The Kier molecular flexibility index (Phi) is 3.45. The van der Waals surface area contributed by atoms with Crippen molar-refractivity contribution in [3.63, 3.8) is 0 Å². The van der Waals surface area contributed by atoms with Crippen LogP contribution in [0.4, 0.5) is 0 Å². The summed E-state index contributed by atoms with van der Waals surface area (Å²) in [5, 5.41) is -0.479. The Labute approximate surface area is 105 Å². The zero-order valence-electron chi connectivity index (χ0n) is 11.7. The molecule has 0 aliphatic carbocycles. The minimum Gasteiger partial charge on any atom is -0.368 e. The van der Waals surface area contributed by atoms with Crippen molar-refractivity contribution in [1.29, 1.82) is 0 Å². The van der Waals surface area contributed by atoms with Gasteiger partial charge < -0.3 is 10.5 Å². The van der Waals surface area contributed by atoms with Gasteiger partial charge in [-0.2, -0.15) is 0 Å². The SMILES string of the molecule is CC(C)(N)CS(=O)(=O)C1CC(C)(C)OC1(C)C. The summed E-state index contributed by atoms with van der Waals surface area (Å²) in [7, 11) is -3.25. The Hall–Kier alpha value is -0.130. The summed E-state index contributed by atoms with van der Waals surface area (Å²) in [6, 6.07) is 0. The van der Waals surface area contributed by atoms with Crippen molar-refractivity contribution in [1.82, 2.24) is 0 Å². The van der Waals surface area contributed by atoms with E-state index in [1.165, 1.54) is 0 Å². The van der Waals surface area contributed by atoms with Crippen LogP contribution in [0.25, 0.3) is 0 Å². The van der Waals surface area contributed by atoms with E-state index >= 15 is 0 Å². The van der Waals surface area contributed by atoms with Crippen molar-refractivity contribution in [2.75, 3.05) is 5.75 Å². The van der Waals surface area contributed by atoms with E-state index in [9.17, 15) is 8.42 Å². The lowest BCUT2D eigenvalue weighted by Crippen LogP contribution is -2.47. The number of hydrogen-bond donors (Lipinski definition) is 1. The molecular formula is C12H25NO3S. The first-order chi connectivity index (χ1) is 7.25. The molecule has 1 aliphatic heterocycles. The maximum Gasteiger partial charge on any atom is 0.157 e. The molecule has 5 heteroatoms. The van der Waals surface area contributed by atoms with E-state index in [-0.39, 0.29) is 11.4 Å². The molecule has 0 amide bonds. The van der Waals surface area contributed by atoms with Gasteiger partial charge in [0.05, 0.1) is 22.2 Å². The highest BCUT2D eigenvalue weighted by Crippen LogP contribution is 2.41. The molecule has 1 atom stereocenters. The quantitative estimate of drug-likeness (QED) is 0.837. The van der Waals surface area contributed by atoms with Gasteiger partial charge in [0.1, 0.15) is 0 Å². The molecule has 0 saturated carbocycles. The molecule has 17 heavy (non-hydrogen) atoms. The molecule has 1 heterocycles. The highest BCUT2D eigenvalue weighted by molar-refractivity contribution is 7.92. The fourth-order valence-corrected chi connectivity index (χ4v) is 5.50. The van der Waals surface area contributed by atoms with E-state index in [0.717, 1.165) is 0 Å². The fourth-order valence-electron chi connectivity index (χ4n) is 2.69. The largest absolute Gasteiger partial charge is 0.368 e. The molecule has 0 aromatic heterocycles. The van der Waals surface area contributed by atoms with Crippen molar-refractivity contribution in [3.8, 4) is 0 Å². The molecule has 0 bridgehead atoms. The zero-order chi connectivity index (χ0) is 13.7. The number of hydrogen-bond acceptors (Lipinski definition) is 4. The van der Waals surface area contributed by atoms with E-state index in [1.54, 1.807) is 13.8 Å². The fraction of sp³-hybridized carbons (Fsp3) is 1.00. The van der Waals surface area contributed by atoms with Gasteiger partial charge in [-0.05, 0) is 48.0 Å². The summed E-state index contributed by atoms with van der Waals surface area (Å²) in [5.74, 6) is -0.00641. The lowest BCUT2D eigenvalue weighted by atomic mass is 10.0. The molecule has 0 radical (unpaired) electrons. The van der Waals surface area contributed by atoms with Crippen molar-refractivity contribution >= 4 is 9.84 Å². The van der Waals surface area contributed by atoms with Gasteiger partial charge in [-0.3, -0.25) is 0 Å². The van der Waals surface area contributed by atoms with Crippen LogP contribution in [0, 0.1) is 0 Å². The zero-order valence-corrected chi connectivity index (χ0v) is 12.5. The molecule has 2 N–H and O–H groups in total. The van der Waals surface area contributed by atoms with E-state index in [4.69, 9.17) is 10.5 Å². The minimum absolute atomic E-state index is 0.00641. The molecule has 0 spiro atoms. The molecule has 1 saturated heterocycles. The van der Waals surface area contributed by atoms with Gasteiger partial charge in [-0.25, -0.2) is 8.42 Å². The summed E-state index contributed by atoms with van der Waals surface area (Å²) >= 11 is 0. The Morgan fingerprint density at radius 2 is 1.76 bits per heavy atom. The molecule has 1 aliphatic rings. The Morgan fingerprint density at radius 1 is 1.29 bits per heavy atom. The number of ether oxygens (including phenoxy) is 1. The highest BCUT2D eigenvalue weighted by Gasteiger charge is 2.52. The van der Waals surface area contributed by atoms with Gasteiger partial charge in [-0.15, -0.1) is 0 Å². The maximum atomic E-state index is 12.4. The van der Waals surface area contributed by atoms with Crippen LogP contribution in [0.15, 0.2) is 0 Å². The second kappa shape index (κ2) is 3.93. The van der Waals surface area contributed by atoms with Crippen LogP contribution in [0.2, 0.25) is 0 Å².